The number of carbonyl (C=O) groups is 1. The highest BCUT2D eigenvalue weighted by atomic mass is 19.1. The van der Waals surface area contributed by atoms with Gasteiger partial charge in [0.2, 0.25) is 5.91 Å². The molecule has 4 heteroatoms. The highest BCUT2D eigenvalue weighted by molar-refractivity contribution is 5.79. The molecule has 1 amide bonds. The molecule has 1 aliphatic heterocycles. The predicted molar refractivity (Wildman–Crippen MR) is 110 cm³/mol. The van der Waals surface area contributed by atoms with Crippen LogP contribution in [-0.2, 0) is 16.6 Å². The molecule has 152 valence electrons. The molecule has 3 aliphatic rings. The van der Waals surface area contributed by atoms with Crippen LogP contribution in [0.1, 0.15) is 60.9 Å². The zero-order valence-corrected chi connectivity index (χ0v) is 17.1. The Morgan fingerprint density at radius 3 is 2.79 bits per heavy atom. The lowest BCUT2D eigenvalue weighted by Crippen LogP contribution is -2.42. The fourth-order valence-electron chi connectivity index (χ4n) is 5.51. The van der Waals surface area contributed by atoms with Crippen molar-refractivity contribution in [2.75, 3.05) is 6.61 Å². The van der Waals surface area contributed by atoms with Gasteiger partial charge in [-0.15, -0.1) is 0 Å². The molecule has 5 rings (SSSR count). The van der Waals surface area contributed by atoms with Crippen molar-refractivity contribution < 1.29 is 13.9 Å². The topological polar surface area (TPSA) is 38.3 Å². The molecule has 29 heavy (non-hydrogen) atoms. The standard InChI is InChI=1S/C25H28FNO2/c1-15-3-6-21-23(11-15)29-14-25(21)9-7-17(8-10-25)16(2)24(28)27-22-12-18-4-5-19(26)13-20(18)22/h3-6,11,13,16-17,22H,7-10,12,14H2,1-2H3,(H,27,28)/t16-,17?,22?,25?/m0/s1. The van der Waals surface area contributed by atoms with E-state index in [4.69, 9.17) is 4.74 Å². The number of rotatable bonds is 3. The first kappa shape index (κ1) is 18.7. The van der Waals surface area contributed by atoms with Crippen LogP contribution >= 0.6 is 0 Å². The van der Waals surface area contributed by atoms with E-state index in [2.05, 4.69) is 30.4 Å². The van der Waals surface area contributed by atoms with Crippen LogP contribution in [0.2, 0.25) is 0 Å². The molecule has 1 N–H and O–H groups in total. The number of fused-ring (bicyclic) bond motifs is 3. The second kappa shape index (κ2) is 6.86. The second-order valence-corrected chi connectivity index (χ2v) is 9.30. The van der Waals surface area contributed by atoms with Crippen molar-refractivity contribution in [1.82, 2.24) is 5.32 Å². The number of aryl methyl sites for hydroxylation is 1. The van der Waals surface area contributed by atoms with E-state index >= 15 is 0 Å². The van der Waals surface area contributed by atoms with Crippen molar-refractivity contribution in [3.05, 3.63) is 64.5 Å². The molecular formula is C25H28FNO2. The third-order valence-corrected chi connectivity index (χ3v) is 7.54. The first-order valence-corrected chi connectivity index (χ1v) is 10.8. The third kappa shape index (κ3) is 3.13. The Labute approximate surface area is 171 Å². The first-order valence-electron chi connectivity index (χ1n) is 10.8. The van der Waals surface area contributed by atoms with Crippen molar-refractivity contribution in [1.29, 1.82) is 0 Å². The maximum absolute atomic E-state index is 13.5. The van der Waals surface area contributed by atoms with E-state index in [9.17, 15) is 9.18 Å². The average molecular weight is 394 g/mol. The lowest BCUT2D eigenvalue weighted by Gasteiger charge is -2.39. The summed E-state index contributed by atoms with van der Waals surface area (Å²) in [7, 11) is 0. The molecule has 2 atom stereocenters. The van der Waals surface area contributed by atoms with E-state index in [1.807, 2.05) is 13.0 Å². The number of hydrogen-bond acceptors (Lipinski definition) is 2. The normalized spacial score (nSPS) is 28.1. The van der Waals surface area contributed by atoms with Crippen LogP contribution in [-0.4, -0.2) is 12.5 Å². The summed E-state index contributed by atoms with van der Waals surface area (Å²) in [6.07, 6.45) is 5.03. The molecule has 1 fully saturated rings. The SMILES string of the molecule is Cc1ccc2c(c1)OCC21CCC([C@H](C)C(=O)NC2Cc3ccc(F)cc32)CC1. The van der Waals surface area contributed by atoms with Crippen molar-refractivity contribution in [3.63, 3.8) is 0 Å². The van der Waals surface area contributed by atoms with Gasteiger partial charge >= 0.3 is 0 Å². The molecule has 2 aliphatic carbocycles. The van der Waals surface area contributed by atoms with Crippen molar-refractivity contribution in [2.24, 2.45) is 11.8 Å². The van der Waals surface area contributed by atoms with Crippen LogP contribution in [0.5, 0.6) is 5.75 Å². The minimum atomic E-state index is -0.234. The van der Waals surface area contributed by atoms with E-state index < -0.39 is 0 Å². The van der Waals surface area contributed by atoms with Crippen molar-refractivity contribution >= 4 is 5.91 Å². The summed E-state index contributed by atoms with van der Waals surface area (Å²) in [4.78, 5) is 12.9. The Bertz CT molecular complexity index is 961. The third-order valence-electron chi connectivity index (χ3n) is 7.54. The van der Waals surface area contributed by atoms with E-state index in [1.165, 1.54) is 17.2 Å². The fraction of sp³-hybridized carbons (Fsp3) is 0.480. The van der Waals surface area contributed by atoms with Gasteiger partial charge in [0.25, 0.3) is 0 Å². The molecule has 1 unspecified atom stereocenters. The van der Waals surface area contributed by atoms with Crippen LogP contribution < -0.4 is 10.1 Å². The Kier molecular flexibility index (Phi) is 4.41. The highest BCUT2D eigenvalue weighted by Gasteiger charge is 2.45. The van der Waals surface area contributed by atoms with E-state index in [0.717, 1.165) is 55.6 Å². The maximum Gasteiger partial charge on any atom is 0.223 e. The zero-order chi connectivity index (χ0) is 20.2. The van der Waals surface area contributed by atoms with Gasteiger partial charge in [-0.2, -0.15) is 0 Å². The number of ether oxygens (including phenoxy) is 1. The van der Waals surface area contributed by atoms with Crippen LogP contribution in [0.4, 0.5) is 4.39 Å². The van der Waals surface area contributed by atoms with Gasteiger partial charge in [-0.3, -0.25) is 4.79 Å². The molecule has 0 aromatic heterocycles. The molecule has 0 bridgehead atoms. The average Bonchev–Trinajstić information content (AvgIpc) is 3.05. The Hall–Kier alpha value is -2.36. The summed E-state index contributed by atoms with van der Waals surface area (Å²) in [5.41, 5.74) is 4.78. The number of hydrogen-bond donors (Lipinski definition) is 1. The largest absolute Gasteiger partial charge is 0.492 e. The molecular weight excluding hydrogens is 365 g/mol. The number of carbonyl (C=O) groups excluding carboxylic acids is 1. The Morgan fingerprint density at radius 2 is 2.00 bits per heavy atom. The summed E-state index contributed by atoms with van der Waals surface area (Å²) in [5.74, 6) is 1.28. The minimum Gasteiger partial charge on any atom is -0.492 e. The monoisotopic (exact) mass is 393 g/mol. The molecule has 1 heterocycles. The number of amides is 1. The van der Waals surface area contributed by atoms with Gasteiger partial charge in [0.15, 0.2) is 0 Å². The molecule has 3 nitrogen and oxygen atoms in total. The van der Waals surface area contributed by atoms with Gasteiger partial charge in [0.1, 0.15) is 11.6 Å². The summed E-state index contributed by atoms with van der Waals surface area (Å²) in [6.45, 7) is 4.91. The Morgan fingerprint density at radius 1 is 1.21 bits per heavy atom. The lowest BCUT2D eigenvalue weighted by molar-refractivity contribution is -0.127. The predicted octanol–water partition coefficient (Wildman–Crippen LogP) is 5.00. The van der Waals surface area contributed by atoms with Crippen LogP contribution in [0.3, 0.4) is 0 Å². The zero-order valence-electron chi connectivity index (χ0n) is 17.1. The first-order chi connectivity index (χ1) is 13.9. The molecule has 2 aromatic rings. The number of halogens is 1. The lowest BCUT2D eigenvalue weighted by atomic mass is 9.65. The van der Waals surface area contributed by atoms with Gasteiger partial charge in [-0.1, -0.05) is 25.1 Å². The molecule has 1 spiro atoms. The van der Waals surface area contributed by atoms with Crippen LogP contribution in [0.25, 0.3) is 0 Å². The highest BCUT2D eigenvalue weighted by Crippen LogP contribution is 2.50. The molecule has 0 radical (unpaired) electrons. The summed E-state index contributed by atoms with van der Waals surface area (Å²) < 4.78 is 19.5. The Balaban J connectivity index is 1.21. The van der Waals surface area contributed by atoms with Gasteiger partial charge in [0, 0.05) is 16.9 Å². The van der Waals surface area contributed by atoms with Crippen molar-refractivity contribution in [3.8, 4) is 5.75 Å². The van der Waals surface area contributed by atoms with E-state index in [0.29, 0.717) is 5.92 Å². The molecule has 0 saturated heterocycles. The van der Waals surface area contributed by atoms with Gasteiger partial charge in [-0.05, 0) is 79.8 Å². The second-order valence-electron chi connectivity index (χ2n) is 9.30. The maximum atomic E-state index is 13.5. The van der Waals surface area contributed by atoms with Crippen molar-refractivity contribution in [2.45, 2.75) is 57.4 Å². The van der Waals surface area contributed by atoms with Gasteiger partial charge in [-0.25, -0.2) is 4.39 Å². The van der Waals surface area contributed by atoms with Gasteiger partial charge in [0.05, 0.1) is 12.6 Å². The number of nitrogens with one attached hydrogen (secondary N) is 1. The summed E-state index contributed by atoms with van der Waals surface area (Å²) >= 11 is 0. The van der Waals surface area contributed by atoms with Crippen LogP contribution in [0, 0.1) is 24.6 Å². The molecule has 2 aromatic carbocycles. The summed E-state index contributed by atoms with van der Waals surface area (Å²) in [5, 5.41) is 3.15. The quantitative estimate of drug-likeness (QED) is 0.797. The molecule has 1 saturated carbocycles. The summed E-state index contributed by atoms with van der Waals surface area (Å²) in [6, 6.07) is 11.4. The van der Waals surface area contributed by atoms with E-state index in [-0.39, 0.29) is 29.1 Å². The number of benzene rings is 2. The smallest absolute Gasteiger partial charge is 0.223 e. The van der Waals surface area contributed by atoms with Crippen LogP contribution in [0.15, 0.2) is 36.4 Å². The van der Waals surface area contributed by atoms with E-state index in [1.54, 1.807) is 6.07 Å². The van der Waals surface area contributed by atoms with Gasteiger partial charge < -0.3 is 10.1 Å². The minimum absolute atomic E-state index is 0.0234. The fourth-order valence-corrected chi connectivity index (χ4v) is 5.51.